The standard InChI is InChI=1S/C24H38O4/c1-16(2)10-8-11-17(3)12-9-13-18(4)14-15-20-19(5)23(27-6)24(28-7)22(26)21(20)25/h10,12,14,19-21,25H,8-9,11,13,15H2,1-7H3/b17-12+,18-14+. The molecular weight excluding hydrogens is 352 g/mol. The second-order valence-corrected chi connectivity index (χ2v) is 8.06. The summed E-state index contributed by atoms with van der Waals surface area (Å²) in [5.74, 6) is 0.0203. The summed E-state index contributed by atoms with van der Waals surface area (Å²) in [5, 5.41) is 10.4. The number of Topliss-reactive ketones (excluding diaryl/α,β-unsaturated/α-hetero) is 1. The minimum atomic E-state index is -1.05. The van der Waals surface area contributed by atoms with Crippen LogP contribution in [-0.4, -0.2) is 31.2 Å². The molecule has 1 rings (SSSR count). The quantitative estimate of drug-likeness (QED) is 0.501. The normalized spacial score (nSPS) is 23.7. The fourth-order valence-electron chi connectivity index (χ4n) is 3.61. The molecule has 0 aromatic carbocycles. The zero-order valence-electron chi connectivity index (χ0n) is 18.7. The summed E-state index contributed by atoms with van der Waals surface area (Å²) >= 11 is 0. The number of ketones is 1. The fraction of sp³-hybridized carbons (Fsp3) is 0.625. The molecular formula is C24H38O4. The number of hydrogen-bond acceptors (Lipinski definition) is 4. The molecule has 0 saturated heterocycles. The van der Waals surface area contributed by atoms with Crippen LogP contribution in [0.2, 0.25) is 0 Å². The highest BCUT2D eigenvalue weighted by atomic mass is 16.5. The first-order chi connectivity index (χ1) is 13.2. The van der Waals surface area contributed by atoms with E-state index in [1.807, 2.05) is 6.92 Å². The minimum Gasteiger partial charge on any atom is -0.497 e. The highest BCUT2D eigenvalue weighted by Gasteiger charge is 2.42. The van der Waals surface area contributed by atoms with Crippen molar-refractivity contribution >= 4 is 5.78 Å². The molecule has 1 N–H and O–H groups in total. The van der Waals surface area contributed by atoms with E-state index in [9.17, 15) is 9.90 Å². The Bertz CT molecular complexity index is 648. The van der Waals surface area contributed by atoms with E-state index in [0.717, 1.165) is 25.7 Å². The first kappa shape index (κ1) is 24.2. The van der Waals surface area contributed by atoms with Crippen LogP contribution in [0.4, 0.5) is 0 Å². The Kier molecular flexibility index (Phi) is 10.3. The highest BCUT2D eigenvalue weighted by Crippen LogP contribution is 2.36. The van der Waals surface area contributed by atoms with E-state index < -0.39 is 6.10 Å². The van der Waals surface area contributed by atoms with Gasteiger partial charge in [-0.1, -0.05) is 41.9 Å². The molecule has 4 nitrogen and oxygen atoms in total. The lowest BCUT2D eigenvalue weighted by Gasteiger charge is -2.33. The third-order valence-electron chi connectivity index (χ3n) is 5.46. The van der Waals surface area contributed by atoms with Crippen LogP contribution in [0.5, 0.6) is 0 Å². The number of allylic oxidation sites excluding steroid dienone is 7. The summed E-state index contributed by atoms with van der Waals surface area (Å²) in [6, 6.07) is 0. The molecule has 0 aromatic heterocycles. The molecule has 158 valence electrons. The summed E-state index contributed by atoms with van der Waals surface area (Å²) in [6.07, 6.45) is 10.5. The molecule has 0 heterocycles. The van der Waals surface area contributed by atoms with Crippen molar-refractivity contribution in [1.82, 2.24) is 0 Å². The molecule has 0 spiro atoms. The molecule has 0 aliphatic heterocycles. The van der Waals surface area contributed by atoms with Gasteiger partial charge >= 0.3 is 0 Å². The van der Waals surface area contributed by atoms with Gasteiger partial charge in [0, 0.05) is 11.8 Å². The molecule has 0 bridgehead atoms. The Hall–Kier alpha value is -1.81. The first-order valence-corrected chi connectivity index (χ1v) is 10.2. The van der Waals surface area contributed by atoms with E-state index in [1.165, 1.54) is 23.8 Å². The second-order valence-electron chi connectivity index (χ2n) is 8.06. The Morgan fingerprint density at radius 1 is 0.964 bits per heavy atom. The molecule has 4 heteroatoms. The van der Waals surface area contributed by atoms with Crippen molar-refractivity contribution in [2.75, 3.05) is 14.2 Å². The van der Waals surface area contributed by atoms with Gasteiger partial charge in [0.1, 0.15) is 11.9 Å². The lowest BCUT2D eigenvalue weighted by atomic mass is 9.77. The monoisotopic (exact) mass is 390 g/mol. The van der Waals surface area contributed by atoms with Gasteiger partial charge in [-0.3, -0.25) is 4.79 Å². The average molecular weight is 391 g/mol. The number of carbonyl (C=O) groups is 1. The van der Waals surface area contributed by atoms with Gasteiger partial charge in [0.05, 0.1) is 14.2 Å². The molecule has 0 radical (unpaired) electrons. The van der Waals surface area contributed by atoms with Gasteiger partial charge < -0.3 is 14.6 Å². The summed E-state index contributed by atoms with van der Waals surface area (Å²) in [5.41, 5.74) is 4.07. The van der Waals surface area contributed by atoms with E-state index in [1.54, 1.807) is 7.11 Å². The number of hydrogen-bond donors (Lipinski definition) is 1. The zero-order chi connectivity index (χ0) is 21.3. The van der Waals surface area contributed by atoms with Crippen LogP contribution in [0.15, 0.2) is 46.5 Å². The van der Waals surface area contributed by atoms with E-state index >= 15 is 0 Å². The van der Waals surface area contributed by atoms with Gasteiger partial charge in [-0.25, -0.2) is 0 Å². The predicted molar refractivity (Wildman–Crippen MR) is 115 cm³/mol. The number of aliphatic hydroxyl groups excluding tert-OH is 1. The third-order valence-corrected chi connectivity index (χ3v) is 5.46. The number of aliphatic hydroxyl groups is 1. The summed E-state index contributed by atoms with van der Waals surface area (Å²) in [6.45, 7) is 10.5. The molecule has 0 saturated carbocycles. The zero-order valence-corrected chi connectivity index (χ0v) is 18.7. The van der Waals surface area contributed by atoms with Crippen molar-refractivity contribution in [3.05, 3.63) is 46.5 Å². The van der Waals surface area contributed by atoms with Crippen molar-refractivity contribution in [3.63, 3.8) is 0 Å². The number of ether oxygens (including phenoxy) is 2. The van der Waals surface area contributed by atoms with Crippen LogP contribution < -0.4 is 0 Å². The van der Waals surface area contributed by atoms with E-state index in [4.69, 9.17) is 9.47 Å². The Morgan fingerprint density at radius 3 is 2.07 bits per heavy atom. The van der Waals surface area contributed by atoms with Crippen molar-refractivity contribution in [2.45, 2.75) is 72.8 Å². The first-order valence-electron chi connectivity index (χ1n) is 10.2. The van der Waals surface area contributed by atoms with Crippen LogP contribution in [0.3, 0.4) is 0 Å². The third kappa shape index (κ3) is 6.97. The molecule has 0 aromatic rings. The van der Waals surface area contributed by atoms with Crippen LogP contribution in [0.25, 0.3) is 0 Å². The maximum Gasteiger partial charge on any atom is 0.229 e. The van der Waals surface area contributed by atoms with Crippen LogP contribution in [-0.2, 0) is 14.3 Å². The van der Waals surface area contributed by atoms with Gasteiger partial charge in [0.25, 0.3) is 0 Å². The predicted octanol–water partition coefficient (Wildman–Crippen LogP) is 5.50. The SMILES string of the molecule is COC1=C(OC)C(C)C(C/C=C(\C)CC/C=C(\C)CCC=C(C)C)C(O)C1=O. The maximum absolute atomic E-state index is 12.4. The lowest BCUT2D eigenvalue weighted by molar-refractivity contribution is -0.133. The molecule has 28 heavy (non-hydrogen) atoms. The highest BCUT2D eigenvalue weighted by molar-refractivity contribution is 5.98. The van der Waals surface area contributed by atoms with Crippen LogP contribution in [0.1, 0.15) is 66.7 Å². The Morgan fingerprint density at radius 2 is 1.54 bits per heavy atom. The van der Waals surface area contributed by atoms with Crippen LogP contribution in [0, 0.1) is 11.8 Å². The summed E-state index contributed by atoms with van der Waals surface area (Å²) in [7, 11) is 2.98. The number of carbonyl (C=O) groups excluding carboxylic acids is 1. The van der Waals surface area contributed by atoms with Gasteiger partial charge in [0.15, 0.2) is 0 Å². The van der Waals surface area contributed by atoms with Crippen LogP contribution >= 0.6 is 0 Å². The summed E-state index contributed by atoms with van der Waals surface area (Å²) in [4.78, 5) is 12.4. The van der Waals surface area contributed by atoms with Crippen molar-refractivity contribution in [2.24, 2.45) is 11.8 Å². The van der Waals surface area contributed by atoms with Gasteiger partial charge in [-0.15, -0.1) is 0 Å². The topological polar surface area (TPSA) is 55.8 Å². The maximum atomic E-state index is 12.4. The van der Waals surface area contributed by atoms with E-state index in [-0.39, 0.29) is 23.4 Å². The lowest BCUT2D eigenvalue weighted by Crippen LogP contribution is -2.41. The van der Waals surface area contributed by atoms with Crippen molar-refractivity contribution in [3.8, 4) is 0 Å². The smallest absolute Gasteiger partial charge is 0.229 e. The van der Waals surface area contributed by atoms with Crippen molar-refractivity contribution < 1.29 is 19.4 Å². The molecule has 0 fully saturated rings. The molecule has 3 atom stereocenters. The largest absolute Gasteiger partial charge is 0.497 e. The fourth-order valence-corrected chi connectivity index (χ4v) is 3.61. The van der Waals surface area contributed by atoms with Gasteiger partial charge in [0.2, 0.25) is 11.5 Å². The average Bonchev–Trinajstić information content (AvgIpc) is 2.64. The number of rotatable bonds is 10. The molecule has 1 aliphatic carbocycles. The van der Waals surface area contributed by atoms with Gasteiger partial charge in [-0.2, -0.15) is 0 Å². The Balaban J connectivity index is 2.64. The number of methoxy groups -OCH3 is 2. The molecule has 0 amide bonds. The molecule has 3 unspecified atom stereocenters. The van der Waals surface area contributed by atoms with Crippen molar-refractivity contribution in [1.29, 1.82) is 0 Å². The molecule has 1 aliphatic rings. The van der Waals surface area contributed by atoms with E-state index in [0.29, 0.717) is 12.2 Å². The minimum absolute atomic E-state index is 0.0751. The van der Waals surface area contributed by atoms with E-state index in [2.05, 4.69) is 45.9 Å². The van der Waals surface area contributed by atoms with Gasteiger partial charge in [-0.05, 0) is 59.8 Å². The Labute approximate surface area is 171 Å². The second kappa shape index (κ2) is 11.9. The summed E-state index contributed by atoms with van der Waals surface area (Å²) < 4.78 is 10.5.